The topological polar surface area (TPSA) is 61.0 Å². The highest BCUT2D eigenvalue weighted by molar-refractivity contribution is 7.09. The number of piperidine rings is 1. The summed E-state index contributed by atoms with van der Waals surface area (Å²) in [5, 5.41) is 12.0. The average molecular weight is 318 g/mol. The fourth-order valence-corrected chi connectivity index (χ4v) is 3.66. The minimum absolute atomic E-state index is 0.143. The summed E-state index contributed by atoms with van der Waals surface area (Å²) >= 11 is 1.80. The van der Waals surface area contributed by atoms with Crippen LogP contribution in [0.25, 0.3) is 0 Å². The Hall–Kier alpha value is -1.66. The number of aromatic amines is 1. The maximum atomic E-state index is 12.1. The second-order valence-corrected chi connectivity index (χ2v) is 6.86. The zero-order valence-electron chi connectivity index (χ0n) is 12.6. The van der Waals surface area contributed by atoms with Crippen molar-refractivity contribution in [1.29, 1.82) is 0 Å². The summed E-state index contributed by atoms with van der Waals surface area (Å²) in [6, 6.07) is 4.56. The monoisotopic (exact) mass is 318 g/mol. The number of nitrogens with one attached hydrogen (secondary N) is 2. The molecule has 0 bridgehead atoms. The van der Waals surface area contributed by atoms with Gasteiger partial charge in [-0.1, -0.05) is 6.07 Å². The molecular weight excluding hydrogens is 296 g/mol. The van der Waals surface area contributed by atoms with E-state index in [1.807, 2.05) is 6.20 Å². The summed E-state index contributed by atoms with van der Waals surface area (Å²) in [7, 11) is 0. The lowest BCUT2D eigenvalue weighted by molar-refractivity contribution is -0.122. The summed E-state index contributed by atoms with van der Waals surface area (Å²) in [5.41, 5.74) is 1.08. The van der Waals surface area contributed by atoms with Gasteiger partial charge in [-0.2, -0.15) is 5.10 Å². The summed E-state index contributed by atoms with van der Waals surface area (Å²) in [6.45, 7) is 3.08. The Bertz CT molecular complexity index is 567. The highest BCUT2D eigenvalue weighted by atomic mass is 32.1. The molecule has 0 radical (unpaired) electrons. The highest BCUT2D eigenvalue weighted by Gasteiger charge is 2.21. The lowest BCUT2D eigenvalue weighted by Crippen LogP contribution is -2.47. The molecule has 0 saturated carbocycles. The highest BCUT2D eigenvalue weighted by Crippen LogP contribution is 2.17. The van der Waals surface area contributed by atoms with Crippen LogP contribution in [0.15, 0.2) is 29.9 Å². The first kappa shape index (κ1) is 15.2. The summed E-state index contributed by atoms with van der Waals surface area (Å²) in [6.07, 6.45) is 7.12. The van der Waals surface area contributed by atoms with Gasteiger partial charge in [-0.15, -0.1) is 11.3 Å². The number of carbonyl (C=O) groups is 1. The van der Waals surface area contributed by atoms with E-state index in [-0.39, 0.29) is 11.9 Å². The number of nitrogens with zero attached hydrogens (tertiary/aromatic N) is 2. The smallest absolute Gasteiger partial charge is 0.220 e. The lowest BCUT2D eigenvalue weighted by atomic mass is 10.0. The van der Waals surface area contributed by atoms with Gasteiger partial charge in [0.25, 0.3) is 0 Å². The lowest BCUT2D eigenvalue weighted by Gasteiger charge is -2.32. The molecule has 2 aromatic heterocycles. The van der Waals surface area contributed by atoms with Crippen LogP contribution in [-0.2, 0) is 17.8 Å². The Balaban J connectivity index is 1.42. The van der Waals surface area contributed by atoms with Crippen LogP contribution in [0.3, 0.4) is 0 Å². The van der Waals surface area contributed by atoms with Crippen molar-refractivity contribution in [3.05, 3.63) is 40.3 Å². The second-order valence-electron chi connectivity index (χ2n) is 5.83. The maximum Gasteiger partial charge on any atom is 0.220 e. The van der Waals surface area contributed by atoms with E-state index < -0.39 is 0 Å². The van der Waals surface area contributed by atoms with Crippen molar-refractivity contribution in [1.82, 2.24) is 20.4 Å². The molecule has 0 aromatic carbocycles. The summed E-state index contributed by atoms with van der Waals surface area (Å²) < 4.78 is 0. The molecule has 0 unspecified atom stereocenters. The molecule has 1 aliphatic heterocycles. The second kappa shape index (κ2) is 7.56. The first-order valence-electron chi connectivity index (χ1n) is 7.81. The van der Waals surface area contributed by atoms with Gasteiger partial charge in [0, 0.05) is 36.6 Å². The normalized spacial score (nSPS) is 19.2. The van der Waals surface area contributed by atoms with E-state index in [0.717, 1.165) is 44.5 Å². The minimum atomic E-state index is 0.143. The van der Waals surface area contributed by atoms with Gasteiger partial charge in [-0.05, 0) is 42.8 Å². The number of likely N-dealkylation sites (tertiary alicyclic amines) is 1. The Morgan fingerprint density at radius 3 is 3.27 bits per heavy atom. The van der Waals surface area contributed by atoms with E-state index in [4.69, 9.17) is 0 Å². The first-order chi connectivity index (χ1) is 10.8. The van der Waals surface area contributed by atoms with Crippen LogP contribution in [0.2, 0.25) is 0 Å². The number of carbonyl (C=O) groups excluding carboxylic acids is 1. The van der Waals surface area contributed by atoms with Crippen LogP contribution in [0.4, 0.5) is 0 Å². The molecule has 1 amide bonds. The van der Waals surface area contributed by atoms with Crippen molar-refractivity contribution in [2.45, 2.75) is 38.3 Å². The fourth-order valence-electron chi connectivity index (χ4n) is 2.91. The van der Waals surface area contributed by atoms with Crippen LogP contribution in [-0.4, -0.2) is 40.1 Å². The SMILES string of the molecule is O=C(CCc1cn[nH]c1)N[C@@H]1CCCN(Cc2cccs2)C1. The number of hydrogen-bond acceptors (Lipinski definition) is 4. The Labute approximate surface area is 134 Å². The van der Waals surface area contributed by atoms with Gasteiger partial charge in [0.2, 0.25) is 5.91 Å². The van der Waals surface area contributed by atoms with Crippen LogP contribution in [0.1, 0.15) is 29.7 Å². The van der Waals surface area contributed by atoms with E-state index in [2.05, 4.69) is 37.9 Å². The maximum absolute atomic E-state index is 12.1. The van der Waals surface area contributed by atoms with Crippen LogP contribution < -0.4 is 5.32 Å². The number of H-pyrrole nitrogens is 1. The molecular formula is C16H22N4OS. The Morgan fingerprint density at radius 2 is 2.50 bits per heavy atom. The van der Waals surface area contributed by atoms with Crippen LogP contribution in [0.5, 0.6) is 0 Å². The molecule has 2 aromatic rings. The molecule has 3 rings (SSSR count). The van der Waals surface area contributed by atoms with Gasteiger partial charge >= 0.3 is 0 Å². The Morgan fingerprint density at radius 1 is 1.55 bits per heavy atom. The van der Waals surface area contributed by atoms with Gasteiger partial charge in [-0.3, -0.25) is 14.8 Å². The number of aryl methyl sites for hydroxylation is 1. The number of aromatic nitrogens is 2. The van der Waals surface area contributed by atoms with Crippen molar-refractivity contribution >= 4 is 17.2 Å². The summed E-state index contributed by atoms with van der Waals surface area (Å²) in [5.74, 6) is 0.143. The van der Waals surface area contributed by atoms with Gasteiger partial charge in [0.15, 0.2) is 0 Å². The fraction of sp³-hybridized carbons (Fsp3) is 0.500. The van der Waals surface area contributed by atoms with Crippen molar-refractivity contribution in [3.63, 3.8) is 0 Å². The Kier molecular flexibility index (Phi) is 5.24. The summed E-state index contributed by atoms with van der Waals surface area (Å²) in [4.78, 5) is 15.9. The molecule has 6 heteroatoms. The number of rotatable bonds is 6. The van der Waals surface area contributed by atoms with Crippen molar-refractivity contribution < 1.29 is 4.79 Å². The number of thiophene rings is 1. The third-order valence-corrected chi connectivity index (χ3v) is 4.89. The number of hydrogen-bond donors (Lipinski definition) is 2. The van der Waals surface area contributed by atoms with E-state index >= 15 is 0 Å². The quantitative estimate of drug-likeness (QED) is 0.858. The molecule has 3 heterocycles. The van der Waals surface area contributed by atoms with Crippen molar-refractivity contribution in [3.8, 4) is 0 Å². The predicted octanol–water partition coefficient (Wildman–Crippen LogP) is 2.18. The van der Waals surface area contributed by atoms with Crippen molar-refractivity contribution in [2.24, 2.45) is 0 Å². The molecule has 1 saturated heterocycles. The van der Waals surface area contributed by atoms with E-state index in [9.17, 15) is 4.79 Å². The molecule has 118 valence electrons. The number of amides is 1. The third-order valence-electron chi connectivity index (χ3n) is 4.03. The van der Waals surface area contributed by atoms with Gasteiger partial charge in [0.1, 0.15) is 0 Å². The predicted molar refractivity (Wildman–Crippen MR) is 87.7 cm³/mol. The molecule has 1 aliphatic rings. The van der Waals surface area contributed by atoms with Gasteiger partial charge in [0.05, 0.1) is 6.20 Å². The molecule has 0 aliphatic carbocycles. The van der Waals surface area contributed by atoms with E-state index in [0.29, 0.717) is 6.42 Å². The molecule has 1 fully saturated rings. The van der Waals surface area contributed by atoms with Crippen molar-refractivity contribution in [2.75, 3.05) is 13.1 Å². The molecule has 0 spiro atoms. The van der Waals surface area contributed by atoms with E-state index in [1.54, 1.807) is 17.5 Å². The standard InChI is InChI=1S/C16H22N4OS/c21-16(6-5-13-9-17-18-10-13)19-14-3-1-7-20(11-14)12-15-4-2-8-22-15/h2,4,8-10,14H,1,3,5-7,11-12H2,(H,17,18)(H,19,21)/t14-/m1/s1. The average Bonchev–Trinajstić information content (AvgIpc) is 3.19. The van der Waals surface area contributed by atoms with E-state index in [1.165, 1.54) is 4.88 Å². The zero-order valence-corrected chi connectivity index (χ0v) is 13.4. The van der Waals surface area contributed by atoms with Crippen LogP contribution in [0, 0.1) is 0 Å². The molecule has 22 heavy (non-hydrogen) atoms. The van der Waals surface area contributed by atoms with Gasteiger partial charge < -0.3 is 5.32 Å². The van der Waals surface area contributed by atoms with Gasteiger partial charge in [-0.25, -0.2) is 0 Å². The first-order valence-corrected chi connectivity index (χ1v) is 8.69. The molecule has 2 N–H and O–H groups in total. The van der Waals surface area contributed by atoms with Crippen LogP contribution >= 0.6 is 11.3 Å². The molecule has 5 nitrogen and oxygen atoms in total. The largest absolute Gasteiger partial charge is 0.352 e. The molecule has 1 atom stereocenters. The minimum Gasteiger partial charge on any atom is -0.352 e. The third kappa shape index (κ3) is 4.42. The zero-order chi connectivity index (χ0) is 15.2.